The fourth-order valence-corrected chi connectivity index (χ4v) is 2.98. The standard InChI is InChI=1S/C17H23FO2/c1-12-11-13(18)5-6-14(12)15(19)17(20-4)9-7-16(2,3)8-10-17/h5-6,11H,7-10H2,1-4H3. The lowest BCUT2D eigenvalue weighted by atomic mass is 9.68. The molecule has 1 aliphatic rings. The van der Waals surface area contributed by atoms with E-state index >= 15 is 0 Å². The van der Waals surface area contributed by atoms with Crippen molar-refractivity contribution in [2.24, 2.45) is 5.41 Å². The molecule has 0 spiro atoms. The van der Waals surface area contributed by atoms with Gasteiger partial charge >= 0.3 is 0 Å². The molecule has 0 aromatic heterocycles. The molecule has 0 bridgehead atoms. The molecule has 0 atom stereocenters. The van der Waals surface area contributed by atoms with Crippen LogP contribution in [-0.4, -0.2) is 18.5 Å². The van der Waals surface area contributed by atoms with E-state index in [0.717, 1.165) is 25.7 Å². The molecule has 0 amide bonds. The lowest BCUT2D eigenvalue weighted by Gasteiger charge is -2.41. The van der Waals surface area contributed by atoms with Crippen LogP contribution in [0, 0.1) is 18.2 Å². The molecule has 1 saturated carbocycles. The predicted octanol–water partition coefficient (Wildman–Crippen LogP) is 4.30. The van der Waals surface area contributed by atoms with E-state index in [1.54, 1.807) is 20.1 Å². The molecule has 0 unspecified atom stereocenters. The molecule has 110 valence electrons. The molecule has 1 aromatic carbocycles. The molecule has 2 rings (SSSR count). The van der Waals surface area contributed by atoms with E-state index in [-0.39, 0.29) is 17.0 Å². The molecule has 1 aliphatic carbocycles. The second-order valence-electron chi connectivity index (χ2n) is 6.65. The van der Waals surface area contributed by atoms with Crippen molar-refractivity contribution in [3.05, 3.63) is 35.1 Å². The van der Waals surface area contributed by atoms with E-state index in [9.17, 15) is 9.18 Å². The number of aryl methyl sites for hydroxylation is 1. The molecule has 1 aromatic rings. The SMILES string of the molecule is COC1(C(=O)c2ccc(F)cc2C)CCC(C)(C)CC1. The first-order valence-corrected chi connectivity index (χ1v) is 7.16. The number of carbonyl (C=O) groups is 1. The highest BCUT2D eigenvalue weighted by molar-refractivity contribution is 6.03. The number of rotatable bonds is 3. The third kappa shape index (κ3) is 2.78. The Morgan fingerprint density at radius 3 is 2.30 bits per heavy atom. The van der Waals surface area contributed by atoms with Crippen molar-refractivity contribution in [2.75, 3.05) is 7.11 Å². The van der Waals surface area contributed by atoms with Crippen molar-refractivity contribution in [3.63, 3.8) is 0 Å². The Balaban J connectivity index is 2.30. The molecule has 3 heteroatoms. The van der Waals surface area contributed by atoms with Crippen LogP contribution in [0.15, 0.2) is 18.2 Å². The number of ketones is 1. The molecule has 20 heavy (non-hydrogen) atoms. The van der Waals surface area contributed by atoms with Gasteiger partial charge in [0, 0.05) is 12.7 Å². The summed E-state index contributed by atoms with van der Waals surface area (Å²) in [6.07, 6.45) is 3.39. The predicted molar refractivity (Wildman–Crippen MR) is 77.5 cm³/mol. The van der Waals surface area contributed by atoms with Crippen LogP contribution in [0.25, 0.3) is 0 Å². The van der Waals surface area contributed by atoms with Crippen molar-refractivity contribution >= 4 is 5.78 Å². The lowest BCUT2D eigenvalue weighted by Crippen LogP contribution is -2.45. The molecular weight excluding hydrogens is 255 g/mol. The smallest absolute Gasteiger partial charge is 0.194 e. The van der Waals surface area contributed by atoms with Crippen LogP contribution in [-0.2, 0) is 4.74 Å². The minimum absolute atomic E-state index is 0.00648. The number of halogens is 1. The van der Waals surface area contributed by atoms with E-state index in [4.69, 9.17) is 4.74 Å². The molecule has 2 nitrogen and oxygen atoms in total. The highest BCUT2D eigenvalue weighted by Crippen LogP contribution is 2.43. The molecule has 0 saturated heterocycles. The summed E-state index contributed by atoms with van der Waals surface area (Å²) in [6.45, 7) is 6.22. The second-order valence-corrected chi connectivity index (χ2v) is 6.65. The van der Waals surface area contributed by atoms with Crippen molar-refractivity contribution in [3.8, 4) is 0 Å². The van der Waals surface area contributed by atoms with Gasteiger partial charge in [0.25, 0.3) is 0 Å². The molecule has 1 fully saturated rings. The van der Waals surface area contributed by atoms with Crippen molar-refractivity contribution in [1.29, 1.82) is 0 Å². The Kier molecular flexibility index (Phi) is 4.01. The topological polar surface area (TPSA) is 26.3 Å². The van der Waals surface area contributed by atoms with Crippen LogP contribution in [0.3, 0.4) is 0 Å². The van der Waals surface area contributed by atoms with E-state index in [1.165, 1.54) is 12.1 Å². The third-order valence-electron chi connectivity index (χ3n) is 4.65. The maximum absolute atomic E-state index is 13.2. The fraction of sp³-hybridized carbons (Fsp3) is 0.588. The van der Waals surface area contributed by atoms with Gasteiger partial charge in [-0.15, -0.1) is 0 Å². The molecular formula is C17H23FO2. The Hall–Kier alpha value is -1.22. The van der Waals surface area contributed by atoms with Crippen LogP contribution in [0.5, 0.6) is 0 Å². The summed E-state index contributed by atoms with van der Waals surface area (Å²) in [6, 6.07) is 4.33. The zero-order valence-electron chi connectivity index (χ0n) is 12.8. The van der Waals surface area contributed by atoms with Gasteiger partial charge in [-0.25, -0.2) is 4.39 Å². The van der Waals surface area contributed by atoms with E-state index in [0.29, 0.717) is 11.1 Å². The first kappa shape index (κ1) is 15.2. The summed E-state index contributed by atoms with van der Waals surface area (Å²) in [4.78, 5) is 12.8. The number of carbonyl (C=O) groups excluding carboxylic acids is 1. The number of benzene rings is 1. The van der Waals surface area contributed by atoms with Gasteiger partial charge in [-0.1, -0.05) is 13.8 Å². The van der Waals surface area contributed by atoms with Gasteiger partial charge < -0.3 is 4.74 Å². The Labute approximate surface area is 120 Å². The molecule has 0 N–H and O–H groups in total. The Morgan fingerprint density at radius 2 is 1.80 bits per heavy atom. The second kappa shape index (κ2) is 5.28. The number of Topliss-reactive ketones (excluding diaryl/α,β-unsaturated/α-hetero) is 1. The van der Waals surface area contributed by atoms with Gasteiger partial charge in [-0.05, 0) is 61.8 Å². The average Bonchev–Trinajstić information content (AvgIpc) is 2.39. The molecule has 0 heterocycles. The zero-order chi connectivity index (χ0) is 15.0. The van der Waals surface area contributed by atoms with Crippen LogP contribution in [0.4, 0.5) is 4.39 Å². The molecule has 0 aliphatic heterocycles. The van der Waals surface area contributed by atoms with Gasteiger partial charge in [0.05, 0.1) is 0 Å². The first-order chi connectivity index (χ1) is 9.30. The number of ether oxygens (including phenoxy) is 1. The van der Waals surface area contributed by atoms with Crippen molar-refractivity contribution in [2.45, 2.75) is 52.1 Å². The summed E-state index contributed by atoms with van der Waals surface area (Å²) in [5.41, 5.74) is 0.780. The largest absolute Gasteiger partial charge is 0.370 e. The van der Waals surface area contributed by atoms with E-state index in [2.05, 4.69) is 13.8 Å². The minimum Gasteiger partial charge on any atom is -0.370 e. The fourth-order valence-electron chi connectivity index (χ4n) is 2.98. The lowest BCUT2D eigenvalue weighted by molar-refractivity contribution is -0.0383. The Bertz CT molecular complexity index is 510. The zero-order valence-corrected chi connectivity index (χ0v) is 12.8. The van der Waals surface area contributed by atoms with Gasteiger partial charge in [-0.3, -0.25) is 4.79 Å². The normalized spacial score (nSPS) is 20.6. The minimum atomic E-state index is -0.738. The maximum atomic E-state index is 13.2. The highest BCUT2D eigenvalue weighted by atomic mass is 19.1. The van der Waals surface area contributed by atoms with Crippen molar-refractivity contribution < 1.29 is 13.9 Å². The maximum Gasteiger partial charge on any atom is 0.194 e. The van der Waals surface area contributed by atoms with Crippen LogP contribution < -0.4 is 0 Å². The van der Waals surface area contributed by atoms with Crippen molar-refractivity contribution in [1.82, 2.24) is 0 Å². The van der Waals surface area contributed by atoms with Gasteiger partial charge in [-0.2, -0.15) is 0 Å². The van der Waals surface area contributed by atoms with E-state index < -0.39 is 5.60 Å². The van der Waals surface area contributed by atoms with Gasteiger partial charge in [0.2, 0.25) is 0 Å². The van der Waals surface area contributed by atoms with E-state index in [1.807, 2.05) is 0 Å². The summed E-state index contributed by atoms with van der Waals surface area (Å²) >= 11 is 0. The average molecular weight is 278 g/mol. The third-order valence-corrected chi connectivity index (χ3v) is 4.65. The number of hydrogen-bond acceptors (Lipinski definition) is 2. The Morgan fingerprint density at radius 1 is 1.20 bits per heavy atom. The van der Waals surface area contributed by atoms with Crippen LogP contribution in [0.1, 0.15) is 55.5 Å². The van der Waals surface area contributed by atoms with Crippen LogP contribution >= 0.6 is 0 Å². The summed E-state index contributed by atoms with van der Waals surface area (Å²) < 4.78 is 18.8. The molecule has 0 radical (unpaired) electrons. The number of hydrogen-bond donors (Lipinski definition) is 0. The number of methoxy groups -OCH3 is 1. The highest BCUT2D eigenvalue weighted by Gasteiger charge is 2.44. The van der Waals surface area contributed by atoms with Gasteiger partial charge in [0.15, 0.2) is 5.78 Å². The first-order valence-electron chi connectivity index (χ1n) is 7.16. The quantitative estimate of drug-likeness (QED) is 0.770. The monoisotopic (exact) mass is 278 g/mol. The summed E-state index contributed by atoms with van der Waals surface area (Å²) in [7, 11) is 1.61. The van der Waals surface area contributed by atoms with Crippen LogP contribution in [0.2, 0.25) is 0 Å². The summed E-state index contributed by atoms with van der Waals surface area (Å²) in [5, 5.41) is 0. The van der Waals surface area contributed by atoms with Gasteiger partial charge in [0.1, 0.15) is 11.4 Å². The summed E-state index contributed by atoms with van der Waals surface area (Å²) in [5.74, 6) is -0.316.